The number of nitrogens with one attached hydrogen (secondary N) is 3. The Balaban J connectivity index is 0.000000891. The van der Waals surface area contributed by atoms with E-state index in [0.717, 1.165) is 12.0 Å². The summed E-state index contributed by atoms with van der Waals surface area (Å²) in [6.07, 6.45) is 3.45. The summed E-state index contributed by atoms with van der Waals surface area (Å²) in [7, 11) is 0. The first-order chi connectivity index (χ1) is 11.4. The third kappa shape index (κ3) is 5.53. The second kappa shape index (κ2) is 9.50. The highest BCUT2D eigenvalue weighted by Gasteiger charge is 2.10. The molecule has 130 valence electrons. The zero-order valence-electron chi connectivity index (χ0n) is 14.6. The third-order valence-corrected chi connectivity index (χ3v) is 3.42. The zero-order chi connectivity index (χ0) is 18.1. The van der Waals surface area contributed by atoms with Gasteiger partial charge in [0.05, 0.1) is 0 Å². The smallest absolute Gasteiger partial charge is 0.316 e. The molecule has 24 heavy (non-hydrogen) atoms. The van der Waals surface area contributed by atoms with E-state index in [0.29, 0.717) is 11.5 Å². The lowest BCUT2D eigenvalue weighted by Crippen LogP contribution is -2.26. The number of rotatable bonds is 4. The molecule has 2 rings (SSSR count). The third-order valence-electron chi connectivity index (χ3n) is 3.42. The Kier molecular flexibility index (Phi) is 7.68. The fraction of sp³-hybridized carbons (Fsp3) is 0.389. The predicted molar refractivity (Wildman–Crippen MR) is 96.7 cm³/mol. The molecule has 0 saturated heterocycles. The summed E-state index contributed by atoms with van der Waals surface area (Å²) in [5.74, 6) is 0.0346. The minimum atomic E-state index is -0.636. The normalized spacial score (nSPS) is 11.2. The van der Waals surface area contributed by atoms with Gasteiger partial charge in [0, 0.05) is 11.8 Å². The fourth-order valence-corrected chi connectivity index (χ4v) is 1.90. The minimum Gasteiger partial charge on any atom is -0.316 e. The number of aromatic nitrogens is 2. The molecule has 1 heterocycles. The Labute approximate surface area is 141 Å². The predicted octanol–water partition coefficient (Wildman–Crippen LogP) is 3.25. The Morgan fingerprint density at radius 1 is 1.12 bits per heavy atom. The number of carbonyl (C=O) groups is 1. The maximum Gasteiger partial charge on any atom is 0.325 e. The van der Waals surface area contributed by atoms with E-state index >= 15 is 0 Å². The maximum absolute atomic E-state index is 12.0. The molecule has 6 nitrogen and oxygen atoms in total. The number of aromatic amines is 2. The molecule has 0 saturated carbocycles. The molecule has 0 aliphatic carbocycles. The molecular weight excluding hydrogens is 306 g/mol. The van der Waals surface area contributed by atoms with Gasteiger partial charge < -0.3 is 10.3 Å². The number of H-pyrrole nitrogens is 2. The Hall–Kier alpha value is -2.63. The molecule has 1 aromatic heterocycles. The first-order valence-corrected chi connectivity index (χ1v) is 8.16. The van der Waals surface area contributed by atoms with Crippen molar-refractivity contribution in [3.05, 3.63) is 62.4 Å². The van der Waals surface area contributed by atoms with E-state index in [9.17, 15) is 14.4 Å². The van der Waals surface area contributed by atoms with Crippen molar-refractivity contribution < 1.29 is 4.79 Å². The van der Waals surface area contributed by atoms with E-state index in [1.54, 1.807) is 12.1 Å². The fourth-order valence-electron chi connectivity index (χ4n) is 1.90. The van der Waals surface area contributed by atoms with E-state index in [-0.39, 0.29) is 5.69 Å². The molecule has 1 unspecified atom stereocenters. The summed E-state index contributed by atoms with van der Waals surface area (Å²) in [5, 5.41) is 2.46. The second-order valence-corrected chi connectivity index (χ2v) is 5.58. The van der Waals surface area contributed by atoms with Crippen LogP contribution in [-0.4, -0.2) is 15.9 Å². The summed E-state index contributed by atoms with van der Waals surface area (Å²) >= 11 is 0. The number of benzene rings is 1. The highest BCUT2D eigenvalue weighted by molar-refractivity contribution is 6.04. The number of carbonyl (C=O) groups excluding carboxylic acids is 1. The second-order valence-electron chi connectivity index (χ2n) is 5.58. The van der Waals surface area contributed by atoms with Gasteiger partial charge in [0.15, 0.2) is 0 Å². The lowest BCUT2D eigenvalue weighted by Gasteiger charge is -2.09. The Morgan fingerprint density at radius 2 is 1.71 bits per heavy atom. The van der Waals surface area contributed by atoms with Crippen LogP contribution in [0.2, 0.25) is 0 Å². The Morgan fingerprint density at radius 3 is 2.21 bits per heavy atom. The number of hydrogen-bond donors (Lipinski definition) is 3. The van der Waals surface area contributed by atoms with Crippen LogP contribution in [-0.2, 0) is 0 Å². The average Bonchev–Trinajstić information content (AvgIpc) is 2.57. The molecule has 0 aliphatic rings. The molecule has 0 fully saturated rings. The molecule has 0 aliphatic heterocycles. The molecule has 2 aromatic rings. The van der Waals surface area contributed by atoms with Crippen LogP contribution < -0.4 is 16.6 Å². The summed E-state index contributed by atoms with van der Waals surface area (Å²) in [6.45, 7) is 8.47. The highest BCUT2D eigenvalue weighted by atomic mass is 16.2. The summed E-state index contributed by atoms with van der Waals surface area (Å²) in [4.78, 5) is 38.8. The SMILES string of the molecule is CCC.CCC(C)c1ccc(C(=O)Nc2c[nH]c(=O)[nH]c2=O)cc1. The number of hydrogen-bond acceptors (Lipinski definition) is 3. The van der Waals surface area contributed by atoms with Gasteiger partial charge in [0.25, 0.3) is 11.5 Å². The quantitative estimate of drug-likeness (QED) is 0.802. The molecule has 3 N–H and O–H groups in total. The van der Waals surface area contributed by atoms with E-state index in [2.05, 4.69) is 38.0 Å². The van der Waals surface area contributed by atoms with Crippen molar-refractivity contribution in [1.29, 1.82) is 0 Å². The monoisotopic (exact) mass is 331 g/mol. The van der Waals surface area contributed by atoms with Crippen molar-refractivity contribution >= 4 is 11.6 Å². The van der Waals surface area contributed by atoms with E-state index < -0.39 is 17.2 Å². The number of anilines is 1. The standard InChI is InChI=1S/C15H17N3O3.C3H8/c1-3-9(2)10-4-6-11(7-5-10)13(19)17-12-8-16-15(21)18-14(12)20;1-3-2/h4-9H,3H2,1-2H3,(H,17,19)(H2,16,18,20,21);3H2,1-2H3. The van der Waals surface area contributed by atoms with Crippen molar-refractivity contribution in [3.63, 3.8) is 0 Å². The van der Waals surface area contributed by atoms with Crippen LogP contribution in [0.4, 0.5) is 5.69 Å². The molecule has 1 aromatic carbocycles. The topological polar surface area (TPSA) is 94.8 Å². The largest absolute Gasteiger partial charge is 0.325 e. The van der Waals surface area contributed by atoms with Crippen LogP contribution in [0.3, 0.4) is 0 Å². The first kappa shape index (κ1) is 19.4. The van der Waals surface area contributed by atoms with Crippen LogP contribution in [0.15, 0.2) is 40.1 Å². The van der Waals surface area contributed by atoms with Gasteiger partial charge in [-0.15, -0.1) is 0 Å². The van der Waals surface area contributed by atoms with Crippen molar-refractivity contribution in [1.82, 2.24) is 9.97 Å². The van der Waals surface area contributed by atoms with Crippen molar-refractivity contribution in [3.8, 4) is 0 Å². The lowest BCUT2D eigenvalue weighted by molar-refractivity contribution is 0.102. The van der Waals surface area contributed by atoms with Crippen molar-refractivity contribution in [2.45, 2.75) is 46.5 Å². The van der Waals surface area contributed by atoms with Crippen molar-refractivity contribution in [2.24, 2.45) is 0 Å². The van der Waals surface area contributed by atoms with Crippen LogP contribution in [0.25, 0.3) is 0 Å². The van der Waals surface area contributed by atoms with E-state index in [1.807, 2.05) is 17.1 Å². The summed E-state index contributed by atoms with van der Waals surface area (Å²) in [5.41, 5.74) is 0.369. The maximum atomic E-state index is 12.0. The van der Waals surface area contributed by atoms with Gasteiger partial charge in [0.2, 0.25) is 0 Å². The van der Waals surface area contributed by atoms with Crippen LogP contribution in [0, 0.1) is 0 Å². The van der Waals surface area contributed by atoms with Gasteiger partial charge in [-0.1, -0.05) is 46.2 Å². The molecular formula is C18H25N3O3. The Bertz CT molecular complexity index is 760. The molecule has 6 heteroatoms. The molecule has 1 amide bonds. The van der Waals surface area contributed by atoms with Crippen LogP contribution >= 0.6 is 0 Å². The van der Waals surface area contributed by atoms with Gasteiger partial charge in [-0.3, -0.25) is 14.6 Å². The van der Waals surface area contributed by atoms with Gasteiger partial charge in [-0.2, -0.15) is 0 Å². The first-order valence-electron chi connectivity index (χ1n) is 8.16. The van der Waals surface area contributed by atoms with Gasteiger partial charge in [-0.25, -0.2) is 4.79 Å². The van der Waals surface area contributed by atoms with Gasteiger partial charge in [-0.05, 0) is 30.0 Å². The zero-order valence-corrected chi connectivity index (χ0v) is 14.6. The van der Waals surface area contributed by atoms with Gasteiger partial charge >= 0.3 is 5.69 Å². The lowest BCUT2D eigenvalue weighted by atomic mass is 9.97. The molecule has 0 spiro atoms. The van der Waals surface area contributed by atoms with E-state index in [4.69, 9.17) is 0 Å². The summed E-state index contributed by atoms with van der Waals surface area (Å²) in [6, 6.07) is 7.24. The highest BCUT2D eigenvalue weighted by Crippen LogP contribution is 2.19. The van der Waals surface area contributed by atoms with E-state index in [1.165, 1.54) is 12.6 Å². The average molecular weight is 331 g/mol. The van der Waals surface area contributed by atoms with Crippen molar-refractivity contribution in [2.75, 3.05) is 5.32 Å². The van der Waals surface area contributed by atoms with Gasteiger partial charge in [0.1, 0.15) is 5.69 Å². The molecule has 0 bridgehead atoms. The molecule has 0 radical (unpaired) electrons. The summed E-state index contributed by atoms with van der Waals surface area (Å²) < 4.78 is 0. The van der Waals surface area contributed by atoms with Crippen LogP contribution in [0.1, 0.15) is 62.4 Å². The minimum absolute atomic E-state index is 0.00519. The van der Waals surface area contributed by atoms with Crippen LogP contribution in [0.5, 0.6) is 0 Å². The molecule has 1 atom stereocenters. The number of amides is 1.